The minimum Gasteiger partial charge on any atom is -0.378 e. The molecular weight excluding hydrogens is 923 g/mol. The second kappa shape index (κ2) is 19.1. The zero-order valence-corrected chi connectivity index (χ0v) is 38.0. The number of carbonyl (C=O) groups is 2. The number of fused-ring (bicyclic) bond motifs is 2. The van der Waals surface area contributed by atoms with Gasteiger partial charge in [-0.1, -0.05) is 22.4 Å². The van der Waals surface area contributed by atoms with Crippen molar-refractivity contribution in [3.63, 3.8) is 0 Å². The number of nitrogens with zero attached hydrogens (tertiary/aromatic N) is 11. The number of H-pyrrole nitrogens is 2. The highest BCUT2D eigenvalue weighted by Gasteiger charge is 2.30. The van der Waals surface area contributed by atoms with Gasteiger partial charge in [0.15, 0.2) is 23.9 Å². The molecule has 10 aromatic rings. The van der Waals surface area contributed by atoms with E-state index in [1.807, 2.05) is 71.6 Å². The Balaban J connectivity index is 0.647. The number of aromatic nitrogens is 11. The number of amides is 4. The maximum atomic E-state index is 13.0. The molecule has 358 valence electrons. The van der Waals surface area contributed by atoms with Crippen molar-refractivity contribution in [1.82, 2.24) is 50.2 Å². The van der Waals surface area contributed by atoms with Crippen LogP contribution in [0.25, 0.3) is 67.4 Å². The largest absolute Gasteiger partial charge is 0.378 e. The lowest BCUT2D eigenvalue weighted by Gasteiger charge is -2.30. The summed E-state index contributed by atoms with van der Waals surface area (Å²) in [5, 5.41) is 20.1. The maximum Gasteiger partial charge on any atom is 0.326 e. The van der Waals surface area contributed by atoms with Crippen LogP contribution in [0.4, 0.5) is 44.4 Å². The summed E-state index contributed by atoms with van der Waals surface area (Å²) in [5.74, 6) is 2.61. The molecule has 1 unspecified atom stereocenters. The van der Waals surface area contributed by atoms with Crippen molar-refractivity contribution in [2.24, 2.45) is 0 Å². The SMILES string of the molecule is O=C(Nc1ccc(-c2cc3c(N4CCOC([n+]5ccc(-c6cc(NC(=O)Nc7ccc(-c8nc9ncnc(N%10CCOCC%10)c9[nH]8)cc7)on6)cc5)C4)ncnc3[nH]2)cc1)Nc1cc(-c2ccncc2)no1. The van der Waals surface area contributed by atoms with Crippen LogP contribution in [0.1, 0.15) is 6.23 Å². The van der Waals surface area contributed by atoms with Crippen LogP contribution in [0.5, 0.6) is 0 Å². The van der Waals surface area contributed by atoms with Crippen molar-refractivity contribution in [3.8, 4) is 45.2 Å². The number of aromatic amines is 2. The molecule has 72 heavy (non-hydrogen) atoms. The second-order valence-corrected chi connectivity index (χ2v) is 16.7. The Kier molecular flexibility index (Phi) is 11.6. The summed E-state index contributed by atoms with van der Waals surface area (Å²) < 4.78 is 24.5. The van der Waals surface area contributed by atoms with Gasteiger partial charge in [-0.25, -0.2) is 34.5 Å². The standard InChI is InChI=1S/C49H41N17O6/c67-48(58-39-24-37(62-71-39)30-9-13-50-14-10-30)55-33-5-1-29(2-6-33)36-23-35-44(57-36)51-27-53-46(35)66-19-22-70-41(26-66)64-15-11-31(12-16-64)38-25-40(72-63-38)59-49(68)56-34-7-3-32(4-8-34)43-60-42-45(61-43)52-28-54-47(42)65-17-20-69-21-18-65/h1-16,23-25,27-28,41,63H,17-22,26H2,(H4,50,51,52,53,54,55,56,57,58,59,60,61,62,67,68)/p+1. The lowest BCUT2D eigenvalue weighted by molar-refractivity contribution is -0.761. The van der Waals surface area contributed by atoms with Crippen LogP contribution in [0.2, 0.25) is 0 Å². The molecule has 10 heterocycles. The highest BCUT2D eigenvalue weighted by Crippen LogP contribution is 2.32. The number of rotatable bonds is 11. The van der Waals surface area contributed by atoms with Gasteiger partial charge in [0, 0.05) is 90.1 Å². The molecule has 23 nitrogen and oxygen atoms in total. The molecule has 2 aliphatic heterocycles. The summed E-state index contributed by atoms with van der Waals surface area (Å²) in [6, 6.07) is 26.5. The molecule has 0 aliphatic carbocycles. The molecule has 2 aromatic carbocycles. The number of anilines is 6. The average Bonchev–Trinajstić information content (AvgIpc) is 4.27. The lowest BCUT2D eigenvalue weighted by Crippen LogP contribution is -2.51. The third-order valence-electron chi connectivity index (χ3n) is 12.2. The fraction of sp³-hybridized carbons (Fsp3) is 0.163. The van der Waals surface area contributed by atoms with Gasteiger partial charge < -0.3 is 48.9 Å². The Bertz CT molecular complexity index is 3540. The first kappa shape index (κ1) is 43.7. The fourth-order valence-electron chi connectivity index (χ4n) is 8.56. The van der Waals surface area contributed by atoms with E-state index in [2.05, 4.69) is 76.3 Å². The minimum absolute atomic E-state index is 0.181. The monoisotopic (exact) mass is 964 g/mol. The Morgan fingerprint density at radius 3 is 1.94 bits per heavy atom. The van der Waals surface area contributed by atoms with E-state index in [1.165, 1.54) is 6.33 Å². The van der Waals surface area contributed by atoms with Crippen molar-refractivity contribution >= 4 is 69.0 Å². The Labute approximate surface area is 407 Å². The van der Waals surface area contributed by atoms with E-state index in [0.29, 0.717) is 72.8 Å². The van der Waals surface area contributed by atoms with Gasteiger partial charge in [-0.2, -0.15) is 4.57 Å². The summed E-state index contributed by atoms with van der Waals surface area (Å²) in [6.45, 7) is 4.39. The number of pyridine rings is 2. The Hall–Kier alpha value is -9.61. The number of hydrogen-bond acceptors (Lipinski definition) is 16. The van der Waals surface area contributed by atoms with Gasteiger partial charge in [0.05, 0.1) is 25.2 Å². The maximum absolute atomic E-state index is 13.0. The van der Waals surface area contributed by atoms with Crippen LogP contribution >= 0.6 is 0 Å². The van der Waals surface area contributed by atoms with Crippen LogP contribution in [-0.2, 0) is 9.47 Å². The van der Waals surface area contributed by atoms with Crippen molar-refractivity contribution in [3.05, 3.63) is 128 Å². The molecule has 1 atom stereocenters. The van der Waals surface area contributed by atoms with Gasteiger partial charge in [0.1, 0.15) is 53.4 Å². The molecule has 0 saturated carbocycles. The molecule has 0 bridgehead atoms. The summed E-state index contributed by atoms with van der Waals surface area (Å²) >= 11 is 0. The van der Waals surface area contributed by atoms with Gasteiger partial charge in [0.2, 0.25) is 11.8 Å². The second-order valence-electron chi connectivity index (χ2n) is 16.7. The van der Waals surface area contributed by atoms with Crippen molar-refractivity contribution < 1.29 is 32.7 Å². The Morgan fingerprint density at radius 2 is 1.25 bits per heavy atom. The van der Waals surface area contributed by atoms with Gasteiger partial charge in [-0.15, -0.1) is 0 Å². The molecule has 2 saturated heterocycles. The van der Waals surface area contributed by atoms with Crippen molar-refractivity contribution in [2.45, 2.75) is 6.23 Å². The lowest BCUT2D eigenvalue weighted by atomic mass is 10.1. The van der Waals surface area contributed by atoms with Crippen LogP contribution in [0.3, 0.4) is 0 Å². The van der Waals surface area contributed by atoms with Crippen molar-refractivity contribution in [1.29, 1.82) is 0 Å². The normalized spacial score (nSPS) is 14.9. The highest BCUT2D eigenvalue weighted by molar-refractivity contribution is 6.00. The van der Waals surface area contributed by atoms with Gasteiger partial charge >= 0.3 is 12.1 Å². The number of benzene rings is 2. The zero-order chi connectivity index (χ0) is 48.4. The van der Waals surface area contributed by atoms with Crippen molar-refractivity contribution in [2.75, 3.05) is 77.1 Å². The number of urea groups is 2. The minimum atomic E-state index is -0.492. The topological polar surface area (TPSA) is 272 Å². The van der Waals surface area contributed by atoms with E-state index in [1.54, 1.807) is 55.1 Å². The summed E-state index contributed by atoms with van der Waals surface area (Å²) in [5.41, 5.74) is 8.48. The summed E-state index contributed by atoms with van der Waals surface area (Å²) in [6.07, 6.45) is 9.92. The summed E-state index contributed by atoms with van der Waals surface area (Å²) in [7, 11) is 0. The number of hydrogen-bond donors (Lipinski definition) is 6. The quantitative estimate of drug-likeness (QED) is 0.0705. The first-order valence-electron chi connectivity index (χ1n) is 22.9. The Morgan fingerprint density at radius 1 is 0.625 bits per heavy atom. The van der Waals surface area contributed by atoms with E-state index in [0.717, 1.165) is 63.6 Å². The van der Waals surface area contributed by atoms with Crippen LogP contribution in [-0.4, -0.2) is 108 Å². The summed E-state index contributed by atoms with van der Waals surface area (Å²) in [4.78, 5) is 63.6. The van der Waals surface area contributed by atoms with E-state index >= 15 is 0 Å². The van der Waals surface area contributed by atoms with E-state index < -0.39 is 12.1 Å². The molecule has 23 heteroatoms. The van der Waals surface area contributed by atoms with Crippen LogP contribution in [0.15, 0.2) is 137 Å². The predicted octanol–water partition coefficient (Wildman–Crippen LogP) is 7.11. The van der Waals surface area contributed by atoms with Crippen LogP contribution in [0, 0.1) is 0 Å². The molecule has 4 amide bonds. The molecule has 2 aliphatic rings. The molecule has 2 fully saturated rings. The third-order valence-corrected chi connectivity index (χ3v) is 12.2. The average molecular weight is 965 g/mol. The van der Waals surface area contributed by atoms with E-state index in [4.69, 9.17) is 23.5 Å². The van der Waals surface area contributed by atoms with Crippen LogP contribution < -0.4 is 35.6 Å². The number of nitrogens with one attached hydrogen (secondary N) is 6. The van der Waals surface area contributed by atoms with Gasteiger partial charge in [-0.05, 0) is 60.2 Å². The first-order valence-corrected chi connectivity index (χ1v) is 22.9. The fourth-order valence-corrected chi connectivity index (χ4v) is 8.56. The number of ether oxygens (including phenoxy) is 2. The molecule has 0 radical (unpaired) electrons. The van der Waals surface area contributed by atoms with Gasteiger partial charge in [-0.3, -0.25) is 15.6 Å². The van der Waals surface area contributed by atoms with E-state index in [-0.39, 0.29) is 18.0 Å². The zero-order valence-electron chi connectivity index (χ0n) is 38.0. The third kappa shape index (κ3) is 9.17. The highest BCUT2D eigenvalue weighted by atomic mass is 16.5. The molecule has 6 N–H and O–H groups in total. The van der Waals surface area contributed by atoms with Gasteiger partial charge in [0.25, 0.3) is 6.23 Å². The number of carbonyl (C=O) groups excluding carboxylic acids is 2. The molecular formula is C49H42N17O6+. The first-order chi connectivity index (χ1) is 35.4. The number of morpholine rings is 2. The predicted molar refractivity (Wildman–Crippen MR) is 264 cm³/mol. The molecule has 8 aromatic heterocycles. The molecule has 12 rings (SSSR count). The number of imidazole rings is 1. The van der Waals surface area contributed by atoms with E-state index in [9.17, 15) is 9.59 Å². The smallest absolute Gasteiger partial charge is 0.326 e. The molecule has 0 spiro atoms.